The second-order valence-corrected chi connectivity index (χ2v) is 10.8. The summed E-state index contributed by atoms with van der Waals surface area (Å²) in [6, 6.07) is 12.0. The third-order valence-corrected chi connectivity index (χ3v) is 8.06. The summed E-state index contributed by atoms with van der Waals surface area (Å²) in [5, 5.41) is 1.74. The molecule has 0 fully saturated rings. The van der Waals surface area contributed by atoms with Crippen molar-refractivity contribution in [3.8, 4) is 56.0 Å². The summed E-state index contributed by atoms with van der Waals surface area (Å²) in [5.74, 6) is 0.744. The van der Waals surface area contributed by atoms with E-state index in [0.717, 1.165) is 38.4 Å². The van der Waals surface area contributed by atoms with Crippen molar-refractivity contribution in [3.05, 3.63) is 188 Å². The fraction of sp³-hybridized carbons (Fsp3) is 0. The van der Waals surface area contributed by atoms with Crippen molar-refractivity contribution in [1.82, 2.24) is 0 Å². The Labute approximate surface area is 304 Å². The van der Waals surface area contributed by atoms with Crippen LogP contribution in [0, 0.1) is 0 Å². The van der Waals surface area contributed by atoms with Crippen LogP contribution in [-0.2, 0) is 0 Å². The highest BCUT2D eigenvalue weighted by atomic mass is 16.5. The lowest BCUT2D eigenvalue weighted by Gasteiger charge is -2.29. The van der Waals surface area contributed by atoms with Gasteiger partial charge in [0.15, 0.2) is 0 Å². The molecule has 9 rings (SSSR count). The highest BCUT2D eigenvalue weighted by molar-refractivity contribution is 6.10. The largest absolute Gasteiger partial charge is 0.456 e. The number of benzene rings is 8. The topological polar surface area (TPSA) is 12.5 Å². The standard InChI is InChI=1S/C46H31NO/c1-5-14-32(15-6-1)35-28-36(33-16-7-2-8-17-33)30-39(29-35)47(37-20-11-4-12-21-37)38-24-25-41-43-23-13-22-42-40(34-18-9-3-10-19-34)26-27-44(46(42)43)48-45(41)31-38/h1-31H/i1D,2D,4D,5D,6D,7D,8D,11D,12D,14D,15D,16D,17D,20D,28D,29D,30D. The Bertz CT molecular complexity index is 3240. The highest BCUT2D eigenvalue weighted by Crippen LogP contribution is 2.50. The highest BCUT2D eigenvalue weighted by Gasteiger charge is 2.24. The number of nitrogens with zero attached hydrogens (tertiary/aromatic N) is 1. The van der Waals surface area contributed by atoms with Gasteiger partial charge in [-0.15, -0.1) is 0 Å². The lowest BCUT2D eigenvalue weighted by Crippen LogP contribution is -2.11. The van der Waals surface area contributed by atoms with E-state index in [1.54, 1.807) is 12.1 Å². The van der Waals surface area contributed by atoms with Crippen LogP contribution >= 0.6 is 0 Å². The van der Waals surface area contributed by atoms with Gasteiger partial charge in [-0.3, -0.25) is 0 Å². The second-order valence-electron chi connectivity index (χ2n) is 10.8. The molecule has 0 saturated heterocycles. The van der Waals surface area contributed by atoms with Gasteiger partial charge < -0.3 is 9.64 Å². The lowest BCUT2D eigenvalue weighted by atomic mass is 9.90. The van der Waals surface area contributed by atoms with Crippen LogP contribution in [0.5, 0.6) is 11.5 Å². The van der Waals surface area contributed by atoms with Gasteiger partial charge in [-0.25, -0.2) is 0 Å². The number of rotatable bonds is 6. The molecule has 2 heteroatoms. The summed E-state index contributed by atoms with van der Waals surface area (Å²) in [4.78, 5) is 1.11. The van der Waals surface area contributed by atoms with Crippen molar-refractivity contribution in [3.63, 3.8) is 0 Å². The first-order valence-corrected chi connectivity index (χ1v) is 15.0. The van der Waals surface area contributed by atoms with E-state index in [-0.39, 0.29) is 17.1 Å². The predicted molar refractivity (Wildman–Crippen MR) is 200 cm³/mol. The zero-order chi connectivity index (χ0) is 46.7. The summed E-state index contributed by atoms with van der Waals surface area (Å²) >= 11 is 0. The van der Waals surface area contributed by atoms with Gasteiger partial charge in [0.1, 0.15) is 11.5 Å². The number of hydrogen-bond donors (Lipinski definition) is 0. The molecule has 8 aromatic rings. The van der Waals surface area contributed by atoms with Gasteiger partial charge in [-0.2, -0.15) is 0 Å². The van der Waals surface area contributed by atoms with E-state index in [2.05, 4.69) is 0 Å². The molecule has 226 valence electrons. The molecule has 1 heterocycles. The fourth-order valence-electron chi connectivity index (χ4n) is 5.98. The molecule has 48 heavy (non-hydrogen) atoms. The van der Waals surface area contributed by atoms with Gasteiger partial charge in [0.2, 0.25) is 0 Å². The third-order valence-electron chi connectivity index (χ3n) is 8.06. The lowest BCUT2D eigenvalue weighted by molar-refractivity contribution is 0.487. The van der Waals surface area contributed by atoms with Crippen LogP contribution in [-0.4, -0.2) is 0 Å². The van der Waals surface area contributed by atoms with E-state index in [9.17, 15) is 4.11 Å². The normalized spacial score (nSPS) is 16.5. The first-order chi connectivity index (χ1) is 30.9. The average molecular weight is 631 g/mol. The van der Waals surface area contributed by atoms with E-state index < -0.39 is 131 Å². The molecule has 1 aliphatic heterocycles. The Hall–Kier alpha value is -6.38. The molecule has 0 atom stereocenters. The average Bonchev–Trinajstić information content (AvgIpc) is 3.30. The zero-order valence-electron chi connectivity index (χ0n) is 41.9. The SMILES string of the molecule is [2H]c1cc(N(c2ccc3c(c2)Oc2ccc(-c4ccccc4)c4cccc-3c24)c2c([2H])c(-c3c([2H])c([2H])c([2H])c([2H])c3[2H])c([2H])c(-c3c([2H])c([2H])c([2H])c([2H])c3[2H])c2[2H])c([2H])c([2H])c1[2H]. The van der Waals surface area contributed by atoms with E-state index in [4.69, 9.17) is 23.9 Å². The van der Waals surface area contributed by atoms with Gasteiger partial charge in [0, 0.05) is 34.1 Å². The summed E-state index contributed by atoms with van der Waals surface area (Å²) < 4.78 is 156. The van der Waals surface area contributed by atoms with Gasteiger partial charge in [0.25, 0.3) is 0 Å². The summed E-state index contributed by atoms with van der Waals surface area (Å²) in [6.07, 6.45) is 0. The molecular formula is C46H31NO. The van der Waals surface area contributed by atoms with Gasteiger partial charge in [-0.05, 0) is 92.8 Å². The molecule has 0 unspecified atom stereocenters. The molecule has 0 spiro atoms. The molecule has 0 aromatic heterocycles. The van der Waals surface area contributed by atoms with Crippen LogP contribution in [0.2, 0.25) is 0 Å². The van der Waals surface area contributed by atoms with E-state index >= 15 is 0 Å². The van der Waals surface area contributed by atoms with Crippen molar-refractivity contribution >= 4 is 27.8 Å². The molecule has 8 aromatic carbocycles. The van der Waals surface area contributed by atoms with Crippen LogP contribution in [0.25, 0.3) is 55.3 Å². The minimum absolute atomic E-state index is 0.0315. The van der Waals surface area contributed by atoms with Crippen molar-refractivity contribution in [2.24, 2.45) is 0 Å². The predicted octanol–water partition coefficient (Wildman–Crippen LogP) is 13.1. The molecule has 0 radical (unpaired) electrons. The Morgan fingerprint density at radius 1 is 0.417 bits per heavy atom. The maximum atomic E-state index is 9.80. The summed E-state index contributed by atoms with van der Waals surface area (Å²) in [6.45, 7) is 0. The van der Waals surface area contributed by atoms with E-state index in [1.165, 1.54) is 6.07 Å². The third kappa shape index (κ3) is 4.92. The van der Waals surface area contributed by atoms with Crippen LogP contribution < -0.4 is 9.64 Å². The fourth-order valence-corrected chi connectivity index (χ4v) is 5.98. The van der Waals surface area contributed by atoms with Crippen molar-refractivity contribution < 1.29 is 28.0 Å². The first-order valence-electron chi connectivity index (χ1n) is 23.5. The van der Waals surface area contributed by atoms with Crippen LogP contribution in [0.4, 0.5) is 17.1 Å². The summed E-state index contributed by atoms with van der Waals surface area (Å²) in [5.41, 5.74) is -0.197. The molecular weight excluding hydrogens is 583 g/mol. The van der Waals surface area contributed by atoms with E-state index in [1.807, 2.05) is 60.7 Å². The maximum Gasteiger partial charge on any atom is 0.137 e. The minimum atomic E-state index is -0.871. The number of fused-ring (bicyclic) bond motifs is 2. The molecule has 2 nitrogen and oxygen atoms in total. The molecule has 0 bridgehead atoms. The Morgan fingerprint density at radius 2 is 1.10 bits per heavy atom. The Morgan fingerprint density at radius 3 is 1.85 bits per heavy atom. The molecule has 1 aliphatic rings. The van der Waals surface area contributed by atoms with Gasteiger partial charge in [-0.1, -0.05) is 133 Å². The smallest absolute Gasteiger partial charge is 0.137 e. The Balaban J connectivity index is 1.40. The van der Waals surface area contributed by atoms with Crippen LogP contribution in [0.15, 0.2) is 188 Å². The Kier molecular flexibility index (Phi) is 3.79. The monoisotopic (exact) mass is 630 g/mol. The molecule has 0 saturated carbocycles. The molecule has 0 N–H and O–H groups in total. The number of para-hydroxylation sites is 1. The van der Waals surface area contributed by atoms with E-state index in [0.29, 0.717) is 11.3 Å². The zero-order valence-corrected chi connectivity index (χ0v) is 24.9. The first kappa shape index (κ1) is 15.5. The summed E-state index contributed by atoms with van der Waals surface area (Å²) in [7, 11) is 0. The van der Waals surface area contributed by atoms with Gasteiger partial charge >= 0.3 is 0 Å². The number of ether oxygens (including phenoxy) is 1. The minimum Gasteiger partial charge on any atom is -0.456 e. The van der Waals surface area contributed by atoms with Crippen molar-refractivity contribution in [2.45, 2.75) is 0 Å². The van der Waals surface area contributed by atoms with Crippen LogP contribution in [0.3, 0.4) is 0 Å². The van der Waals surface area contributed by atoms with Crippen LogP contribution in [0.1, 0.15) is 23.3 Å². The van der Waals surface area contributed by atoms with Crippen molar-refractivity contribution in [1.29, 1.82) is 0 Å². The quantitative estimate of drug-likeness (QED) is 0.181. The maximum absolute atomic E-state index is 9.80. The van der Waals surface area contributed by atoms with Crippen molar-refractivity contribution in [2.75, 3.05) is 4.90 Å². The van der Waals surface area contributed by atoms with Gasteiger partial charge in [0.05, 0.1) is 23.3 Å². The number of anilines is 3. The number of hydrogen-bond acceptors (Lipinski definition) is 2. The molecule has 0 amide bonds. The molecule has 0 aliphatic carbocycles. The second kappa shape index (κ2) is 11.8.